The van der Waals surface area contributed by atoms with Crippen LogP contribution in [-0.2, 0) is 11.2 Å². The van der Waals surface area contributed by atoms with E-state index in [1.54, 1.807) is 43.4 Å². The number of hydrogen-bond acceptors (Lipinski definition) is 3. The van der Waals surface area contributed by atoms with Gasteiger partial charge in [0, 0.05) is 19.2 Å². The zero-order chi connectivity index (χ0) is 17.1. The third-order valence-electron chi connectivity index (χ3n) is 3.95. The summed E-state index contributed by atoms with van der Waals surface area (Å²) in [5.41, 5.74) is 1.54. The minimum Gasteiger partial charge on any atom is -0.482 e. The van der Waals surface area contributed by atoms with Crippen molar-refractivity contribution in [3.05, 3.63) is 59.4 Å². The molecule has 1 aliphatic rings. The quantitative estimate of drug-likeness (QED) is 0.936. The van der Waals surface area contributed by atoms with Crippen molar-refractivity contribution in [3.8, 4) is 5.75 Å². The molecule has 0 saturated heterocycles. The van der Waals surface area contributed by atoms with Crippen molar-refractivity contribution in [1.82, 2.24) is 5.32 Å². The normalized spacial score (nSPS) is 13.2. The lowest BCUT2D eigenvalue weighted by atomic mass is 10.1. The number of benzene rings is 2. The summed E-state index contributed by atoms with van der Waals surface area (Å²) in [6.07, 6.45) is 0.408. The molecular weight excluding hydrogens is 311 g/mol. The van der Waals surface area contributed by atoms with Crippen molar-refractivity contribution >= 4 is 17.5 Å². The number of hydrogen-bond donors (Lipinski definition) is 1. The molecule has 5 nitrogen and oxygen atoms in total. The van der Waals surface area contributed by atoms with E-state index in [9.17, 15) is 14.0 Å². The summed E-state index contributed by atoms with van der Waals surface area (Å²) >= 11 is 0. The number of nitrogens with zero attached hydrogens (tertiary/aromatic N) is 1. The van der Waals surface area contributed by atoms with Gasteiger partial charge in [-0.1, -0.05) is 18.2 Å². The molecule has 0 unspecified atom stereocenters. The van der Waals surface area contributed by atoms with Crippen molar-refractivity contribution in [2.24, 2.45) is 0 Å². The van der Waals surface area contributed by atoms with Gasteiger partial charge in [-0.25, -0.2) is 4.39 Å². The van der Waals surface area contributed by atoms with E-state index in [-0.39, 0.29) is 24.2 Å². The molecule has 1 N–H and O–H groups in total. The number of fused-ring (bicyclic) bond motifs is 1. The first kappa shape index (κ1) is 16.0. The third kappa shape index (κ3) is 3.22. The lowest BCUT2D eigenvalue weighted by Gasteiger charge is -2.26. The van der Waals surface area contributed by atoms with Crippen LogP contribution in [0.4, 0.5) is 10.1 Å². The summed E-state index contributed by atoms with van der Waals surface area (Å²) < 4.78 is 18.9. The van der Waals surface area contributed by atoms with E-state index < -0.39 is 0 Å². The lowest BCUT2D eigenvalue weighted by molar-refractivity contribution is -0.120. The Labute approximate surface area is 139 Å². The molecule has 3 rings (SSSR count). The highest BCUT2D eigenvalue weighted by molar-refractivity contribution is 6.00. The van der Waals surface area contributed by atoms with Gasteiger partial charge in [-0.15, -0.1) is 0 Å². The molecule has 0 aliphatic carbocycles. The van der Waals surface area contributed by atoms with Gasteiger partial charge in [0.2, 0.25) is 0 Å². The highest BCUT2D eigenvalue weighted by Crippen LogP contribution is 2.31. The first-order valence-electron chi connectivity index (χ1n) is 7.61. The van der Waals surface area contributed by atoms with Crippen LogP contribution < -0.4 is 15.0 Å². The lowest BCUT2D eigenvalue weighted by Crippen LogP contribution is -2.35. The maximum Gasteiger partial charge on any atom is 0.264 e. The van der Waals surface area contributed by atoms with Gasteiger partial charge in [0.15, 0.2) is 6.61 Å². The minimum atomic E-state index is -0.280. The zero-order valence-electron chi connectivity index (χ0n) is 13.2. The van der Waals surface area contributed by atoms with Crippen LogP contribution in [0.5, 0.6) is 5.75 Å². The Balaban J connectivity index is 1.65. The Hall–Kier alpha value is -2.89. The molecule has 2 aromatic carbocycles. The second-order valence-corrected chi connectivity index (χ2v) is 5.52. The summed E-state index contributed by atoms with van der Waals surface area (Å²) in [7, 11) is 1.64. The highest BCUT2D eigenvalue weighted by Gasteiger charge is 2.23. The van der Waals surface area contributed by atoms with Crippen LogP contribution in [0.3, 0.4) is 0 Å². The van der Waals surface area contributed by atoms with Crippen molar-refractivity contribution < 1.29 is 18.7 Å². The number of amides is 2. The fraction of sp³-hybridized carbons (Fsp3) is 0.222. The number of ether oxygens (including phenoxy) is 1. The van der Waals surface area contributed by atoms with Gasteiger partial charge in [-0.05, 0) is 36.2 Å². The monoisotopic (exact) mass is 328 g/mol. The van der Waals surface area contributed by atoms with Crippen LogP contribution in [0.15, 0.2) is 42.5 Å². The van der Waals surface area contributed by atoms with Crippen molar-refractivity contribution in [2.75, 3.05) is 25.1 Å². The van der Waals surface area contributed by atoms with Gasteiger partial charge in [0.05, 0.1) is 5.69 Å². The smallest absolute Gasteiger partial charge is 0.264 e. The van der Waals surface area contributed by atoms with Crippen LogP contribution in [0, 0.1) is 5.82 Å². The van der Waals surface area contributed by atoms with Crippen LogP contribution in [0.25, 0.3) is 0 Å². The standard InChI is InChI=1S/C18H17FN2O3/c1-21-15-10-13(6-7-16(15)24-11-17(21)22)18(23)20-9-8-12-4-2-3-5-14(12)19/h2-7,10H,8-9,11H2,1H3,(H,20,23). The molecule has 0 spiro atoms. The second-order valence-electron chi connectivity index (χ2n) is 5.52. The van der Waals surface area contributed by atoms with E-state index in [1.807, 2.05) is 0 Å². The third-order valence-corrected chi connectivity index (χ3v) is 3.95. The molecule has 0 fully saturated rings. The molecule has 0 bridgehead atoms. The van der Waals surface area contributed by atoms with Gasteiger partial charge in [0.25, 0.3) is 11.8 Å². The first-order valence-corrected chi connectivity index (χ1v) is 7.61. The Kier molecular flexibility index (Phi) is 4.46. The molecule has 0 radical (unpaired) electrons. The minimum absolute atomic E-state index is 0.00230. The molecule has 0 saturated carbocycles. The van der Waals surface area contributed by atoms with Crippen LogP contribution in [0.1, 0.15) is 15.9 Å². The molecule has 1 aliphatic heterocycles. The van der Waals surface area contributed by atoms with E-state index in [2.05, 4.69) is 5.32 Å². The Morgan fingerprint density at radius 2 is 2.08 bits per heavy atom. The van der Waals surface area contributed by atoms with E-state index in [0.717, 1.165) is 0 Å². The molecule has 0 atom stereocenters. The van der Waals surface area contributed by atoms with E-state index in [4.69, 9.17) is 4.74 Å². The molecule has 2 amide bonds. The van der Waals surface area contributed by atoms with Crippen molar-refractivity contribution in [2.45, 2.75) is 6.42 Å². The number of halogens is 1. The predicted molar refractivity (Wildman–Crippen MR) is 87.8 cm³/mol. The Morgan fingerprint density at radius 1 is 1.29 bits per heavy atom. The second kappa shape index (κ2) is 6.70. The Morgan fingerprint density at radius 3 is 2.88 bits per heavy atom. The van der Waals surface area contributed by atoms with E-state index >= 15 is 0 Å². The molecule has 6 heteroatoms. The molecule has 124 valence electrons. The van der Waals surface area contributed by atoms with Crippen LogP contribution in [-0.4, -0.2) is 32.0 Å². The molecule has 1 heterocycles. The summed E-state index contributed by atoms with van der Waals surface area (Å²) in [5, 5.41) is 2.76. The number of likely N-dealkylation sites (N-methyl/N-ethyl adjacent to an activating group) is 1. The fourth-order valence-corrected chi connectivity index (χ4v) is 2.53. The van der Waals surface area contributed by atoms with Crippen LogP contribution in [0.2, 0.25) is 0 Å². The number of rotatable bonds is 4. The summed E-state index contributed by atoms with van der Waals surface area (Å²) in [4.78, 5) is 25.4. The number of carbonyl (C=O) groups excluding carboxylic acids is 2. The topological polar surface area (TPSA) is 58.6 Å². The van der Waals surface area contributed by atoms with Gasteiger partial charge >= 0.3 is 0 Å². The van der Waals surface area contributed by atoms with E-state index in [1.165, 1.54) is 11.0 Å². The average molecular weight is 328 g/mol. The van der Waals surface area contributed by atoms with Gasteiger partial charge < -0.3 is 15.0 Å². The molecule has 24 heavy (non-hydrogen) atoms. The van der Waals surface area contributed by atoms with E-state index in [0.29, 0.717) is 35.5 Å². The fourth-order valence-electron chi connectivity index (χ4n) is 2.53. The Bertz CT molecular complexity index is 792. The van der Waals surface area contributed by atoms with Crippen molar-refractivity contribution in [3.63, 3.8) is 0 Å². The largest absolute Gasteiger partial charge is 0.482 e. The highest BCUT2D eigenvalue weighted by atomic mass is 19.1. The number of carbonyl (C=O) groups is 2. The average Bonchev–Trinajstić information content (AvgIpc) is 2.59. The maximum atomic E-state index is 13.5. The number of anilines is 1. The predicted octanol–water partition coefficient (Wildman–Crippen LogP) is 2.15. The van der Waals surface area contributed by atoms with Crippen LogP contribution >= 0.6 is 0 Å². The molecule has 0 aromatic heterocycles. The molecule has 2 aromatic rings. The molecular formula is C18H17FN2O3. The maximum absolute atomic E-state index is 13.5. The number of nitrogens with one attached hydrogen (secondary N) is 1. The SMILES string of the molecule is CN1C(=O)COc2ccc(C(=O)NCCc3ccccc3F)cc21. The summed E-state index contributed by atoms with van der Waals surface area (Å²) in [5.74, 6) is -0.155. The van der Waals surface area contributed by atoms with Crippen molar-refractivity contribution in [1.29, 1.82) is 0 Å². The summed E-state index contributed by atoms with van der Waals surface area (Å²) in [6, 6.07) is 11.4. The summed E-state index contributed by atoms with van der Waals surface area (Å²) in [6.45, 7) is 0.319. The zero-order valence-corrected chi connectivity index (χ0v) is 13.2. The van der Waals surface area contributed by atoms with Gasteiger partial charge in [0.1, 0.15) is 11.6 Å². The van der Waals surface area contributed by atoms with Gasteiger partial charge in [-0.3, -0.25) is 9.59 Å². The van der Waals surface area contributed by atoms with Gasteiger partial charge in [-0.2, -0.15) is 0 Å². The first-order chi connectivity index (χ1) is 11.6.